The van der Waals surface area contributed by atoms with E-state index < -0.39 is 5.97 Å². The molecule has 6 heteroatoms. The molecular formula is C16H13Cl2NO3. The molecule has 114 valence electrons. The summed E-state index contributed by atoms with van der Waals surface area (Å²) in [4.78, 5) is 23.6. The van der Waals surface area contributed by atoms with E-state index in [-0.39, 0.29) is 22.9 Å². The molecule has 0 saturated carbocycles. The van der Waals surface area contributed by atoms with Crippen LogP contribution in [-0.2, 0) is 16.0 Å². The van der Waals surface area contributed by atoms with Crippen molar-refractivity contribution in [2.45, 2.75) is 6.42 Å². The van der Waals surface area contributed by atoms with Crippen LogP contribution in [0.25, 0.3) is 0 Å². The molecule has 4 nitrogen and oxygen atoms in total. The van der Waals surface area contributed by atoms with E-state index in [1.165, 1.54) is 19.2 Å². The van der Waals surface area contributed by atoms with E-state index >= 15 is 0 Å². The second-order valence-electron chi connectivity index (χ2n) is 4.54. The van der Waals surface area contributed by atoms with Gasteiger partial charge in [0.15, 0.2) is 0 Å². The van der Waals surface area contributed by atoms with Crippen molar-refractivity contribution in [2.24, 2.45) is 0 Å². The van der Waals surface area contributed by atoms with Crippen molar-refractivity contribution in [2.75, 3.05) is 12.4 Å². The van der Waals surface area contributed by atoms with Crippen LogP contribution in [0, 0.1) is 0 Å². The SMILES string of the molecule is COC(=O)c1cc(NC(=O)Cc2ccc(Cl)cc2)ccc1Cl. The molecule has 0 unspecified atom stereocenters. The first-order valence-electron chi connectivity index (χ1n) is 6.42. The van der Waals surface area contributed by atoms with Crippen LogP contribution >= 0.6 is 23.2 Å². The third-order valence-corrected chi connectivity index (χ3v) is 3.51. The maximum atomic E-state index is 12.0. The van der Waals surface area contributed by atoms with Crippen molar-refractivity contribution < 1.29 is 14.3 Å². The maximum Gasteiger partial charge on any atom is 0.339 e. The summed E-state index contributed by atoms with van der Waals surface area (Å²) >= 11 is 11.7. The quantitative estimate of drug-likeness (QED) is 0.859. The van der Waals surface area contributed by atoms with Crippen LogP contribution in [0.15, 0.2) is 42.5 Å². The Labute approximate surface area is 138 Å². The first-order chi connectivity index (χ1) is 10.5. The third-order valence-electron chi connectivity index (χ3n) is 2.93. The fourth-order valence-corrected chi connectivity index (χ4v) is 2.18. The number of halogens is 2. The minimum atomic E-state index is -0.557. The van der Waals surface area contributed by atoms with Crippen LogP contribution < -0.4 is 5.32 Å². The molecule has 2 aromatic carbocycles. The van der Waals surface area contributed by atoms with Gasteiger partial charge in [0.2, 0.25) is 5.91 Å². The molecule has 0 atom stereocenters. The largest absolute Gasteiger partial charge is 0.465 e. The lowest BCUT2D eigenvalue weighted by atomic mass is 10.1. The minimum Gasteiger partial charge on any atom is -0.465 e. The van der Waals surface area contributed by atoms with Crippen LogP contribution in [0.2, 0.25) is 10.0 Å². The Bertz CT molecular complexity index is 699. The molecule has 0 heterocycles. The number of nitrogens with one attached hydrogen (secondary N) is 1. The van der Waals surface area contributed by atoms with Gasteiger partial charge >= 0.3 is 5.97 Å². The molecule has 0 bridgehead atoms. The number of esters is 1. The van der Waals surface area contributed by atoms with E-state index in [1.54, 1.807) is 30.3 Å². The molecule has 0 aliphatic rings. The Morgan fingerprint density at radius 2 is 1.77 bits per heavy atom. The topological polar surface area (TPSA) is 55.4 Å². The van der Waals surface area contributed by atoms with Crippen molar-refractivity contribution in [3.63, 3.8) is 0 Å². The highest BCUT2D eigenvalue weighted by atomic mass is 35.5. The first-order valence-corrected chi connectivity index (χ1v) is 7.17. The van der Waals surface area contributed by atoms with Gasteiger partial charge in [-0.05, 0) is 35.9 Å². The number of carbonyl (C=O) groups excluding carboxylic acids is 2. The predicted molar refractivity (Wildman–Crippen MR) is 86.6 cm³/mol. The van der Waals surface area contributed by atoms with E-state index in [2.05, 4.69) is 10.1 Å². The van der Waals surface area contributed by atoms with Gasteiger partial charge in [-0.1, -0.05) is 35.3 Å². The molecule has 0 aliphatic heterocycles. The number of hydrogen-bond donors (Lipinski definition) is 1. The fourth-order valence-electron chi connectivity index (χ4n) is 1.86. The van der Waals surface area contributed by atoms with Gasteiger partial charge in [-0.2, -0.15) is 0 Å². The highest BCUT2D eigenvalue weighted by Crippen LogP contribution is 2.21. The summed E-state index contributed by atoms with van der Waals surface area (Å²) in [5.74, 6) is -0.765. The zero-order valence-electron chi connectivity index (χ0n) is 11.7. The molecule has 0 spiro atoms. The molecule has 1 N–H and O–H groups in total. The number of rotatable bonds is 4. The zero-order chi connectivity index (χ0) is 16.1. The summed E-state index contributed by atoms with van der Waals surface area (Å²) in [6.07, 6.45) is 0.202. The zero-order valence-corrected chi connectivity index (χ0v) is 13.2. The average Bonchev–Trinajstić information content (AvgIpc) is 2.50. The smallest absolute Gasteiger partial charge is 0.339 e. The number of carbonyl (C=O) groups is 2. The number of anilines is 1. The standard InChI is InChI=1S/C16H13Cl2NO3/c1-22-16(21)13-9-12(6-7-14(13)18)19-15(20)8-10-2-4-11(17)5-3-10/h2-7,9H,8H2,1H3,(H,19,20). The van der Waals surface area contributed by atoms with Crippen molar-refractivity contribution >= 4 is 40.8 Å². The maximum absolute atomic E-state index is 12.0. The summed E-state index contributed by atoms with van der Waals surface area (Å²) in [6, 6.07) is 11.6. The van der Waals surface area contributed by atoms with Crippen LogP contribution in [0.1, 0.15) is 15.9 Å². The van der Waals surface area contributed by atoms with Crippen LogP contribution in [0.5, 0.6) is 0 Å². The minimum absolute atomic E-state index is 0.202. The molecule has 22 heavy (non-hydrogen) atoms. The van der Waals surface area contributed by atoms with E-state index in [4.69, 9.17) is 23.2 Å². The van der Waals surface area contributed by atoms with E-state index in [1.807, 2.05) is 0 Å². The molecule has 0 radical (unpaired) electrons. The molecule has 0 aliphatic carbocycles. The molecule has 0 fully saturated rings. The average molecular weight is 338 g/mol. The van der Waals surface area contributed by atoms with E-state index in [9.17, 15) is 9.59 Å². The Morgan fingerprint density at radius 3 is 2.41 bits per heavy atom. The lowest BCUT2D eigenvalue weighted by Crippen LogP contribution is -2.15. The van der Waals surface area contributed by atoms with Gasteiger partial charge in [0.25, 0.3) is 0 Å². The Kier molecular flexibility index (Phi) is 5.41. The van der Waals surface area contributed by atoms with E-state index in [0.29, 0.717) is 10.7 Å². The van der Waals surface area contributed by atoms with Crippen molar-refractivity contribution in [1.29, 1.82) is 0 Å². The van der Waals surface area contributed by atoms with Crippen LogP contribution in [0.4, 0.5) is 5.69 Å². The lowest BCUT2D eigenvalue weighted by Gasteiger charge is -2.08. The highest BCUT2D eigenvalue weighted by molar-refractivity contribution is 6.33. The first kappa shape index (κ1) is 16.3. The number of amides is 1. The summed E-state index contributed by atoms with van der Waals surface area (Å²) in [5.41, 5.74) is 1.52. The molecule has 0 saturated heterocycles. The lowest BCUT2D eigenvalue weighted by molar-refractivity contribution is -0.115. The summed E-state index contributed by atoms with van der Waals surface area (Å²) in [7, 11) is 1.27. The Balaban J connectivity index is 2.08. The predicted octanol–water partition coefficient (Wildman–Crippen LogP) is 3.96. The Morgan fingerprint density at radius 1 is 1.09 bits per heavy atom. The van der Waals surface area contributed by atoms with Gasteiger partial charge in [-0.15, -0.1) is 0 Å². The number of benzene rings is 2. The molecule has 2 rings (SSSR count). The van der Waals surface area contributed by atoms with Crippen LogP contribution in [0.3, 0.4) is 0 Å². The van der Waals surface area contributed by atoms with Gasteiger partial charge in [-0.25, -0.2) is 4.79 Å². The van der Waals surface area contributed by atoms with Gasteiger partial charge < -0.3 is 10.1 Å². The van der Waals surface area contributed by atoms with Crippen LogP contribution in [-0.4, -0.2) is 19.0 Å². The second-order valence-corrected chi connectivity index (χ2v) is 5.38. The number of hydrogen-bond acceptors (Lipinski definition) is 3. The normalized spacial score (nSPS) is 10.1. The molecule has 2 aromatic rings. The van der Waals surface area contributed by atoms with Gasteiger partial charge in [0.1, 0.15) is 0 Å². The van der Waals surface area contributed by atoms with Crippen molar-refractivity contribution in [3.05, 3.63) is 63.6 Å². The van der Waals surface area contributed by atoms with Crippen molar-refractivity contribution in [1.82, 2.24) is 0 Å². The van der Waals surface area contributed by atoms with Gasteiger partial charge in [0, 0.05) is 10.7 Å². The number of ether oxygens (including phenoxy) is 1. The molecule has 0 aromatic heterocycles. The number of methoxy groups -OCH3 is 1. The summed E-state index contributed by atoms with van der Waals surface area (Å²) < 4.78 is 4.64. The highest BCUT2D eigenvalue weighted by Gasteiger charge is 2.12. The molecular weight excluding hydrogens is 325 g/mol. The monoisotopic (exact) mass is 337 g/mol. The Hall–Kier alpha value is -2.04. The van der Waals surface area contributed by atoms with E-state index in [0.717, 1.165) is 5.56 Å². The van der Waals surface area contributed by atoms with Crippen molar-refractivity contribution in [3.8, 4) is 0 Å². The summed E-state index contributed by atoms with van der Waals surface area (Å²) in [6.45, 7) is 0. The fraction of sp³-hybridized carbons (Fsp3) is 0.125. The molecule has 1 amide bonds. The van der Waals surface area contributed by atoms with Gasteiger partial charge in [-0.3, -0.25) is 4.79 Å². The summed E-state index contributed by atoms with van der Waals surface area (Å²) in [5, 5.41) is 3.59. The second kappa shape index (κ2) is 7.29. The third kappa shape index (κ3) is 4.23. The van der Waals surface area contributed by atoms with Gasteiger partial charge in [0.05, 0.1) is 24.1 Å².